The topological polar surface area (TPSA) is 79.9 Å². The SMILES string of the molecule is O=c1ccc(N2CCN(CCCn3c(=O)c4cccn4c4cc(Cl)ccc43)CC2)[nH+][nH]1. The maximum Gasteiger partial charge on any atom is 0.293 e. The number of aromatic amines is 2. The number of rotatable bonds is 5. The number of halogens is 1. The van der Waals surface area contributed by atoms with Crippen molar-refractivity contribution in [1.82, 2.24) is 19.0 Å². The van der Waals surface area contributed by atoms with Gasteiger partial charge in [0.2, 0.25) is 0 Å². The van der Waals surface area contributed by atoms with Gasteiger partial charge in [-0.05, 0) is 36.8 Å². The number of anilines is 1. The Morgan fingerprint density at radius 3 is 2.55 bits per heavy atom. The quantitative estimate of drug-likeness (QED) is 0.512. The standard InChI is InChI=1S/C22H23ClN6O2/c23-16-4-5-17-19(15-16)28-9-1-3-18(28)22(31)29(17)10-2-8-26-11-13-27(14-12-26)20-6-7-21(30)25-24-20/h1,3-7,9,15H,2,8,10-14H2,(H,25,30)/p+1. The lowest BCUT2D eigenvalue weighted by molar-refractivity contribution is -0.444. The monoisotopic (exact) mass is 439 g/mol. The molecule has 0 amide bonds. The number of piperazine rings is 1. The number of fused-ring (bicyclic) bond motifs is 3. The van der Waals surface area contributed by atoms with Crippen LogP contribution in [-0.4, -0.2) is 51.7 Å². The molecule has 1 aromatic carbocycles. The van der Waals surface area contributed by atoms with Crippen LogP contribution in [0.3, 0.4) is 0 Å². The predicted octanol–water partition coefficient (Wildman–Crippen LogP) is 1.62. The lowest BCUT2D eigenvalue weighted by Gasteiger charge is -2.30. The molecule has 4 heterocycles. The van der Waals surface area contributed by atoms with Gasteiger partial charge in [0, 0.05) is 49.5 Å². The largest absolute Gasteiger partial charge is 0.310 e. The van der Waals surface area contributed by atoms with E-state index in [0.29, 0.717) is 17.1 Å². The van der Waals surface area contributed by atoms with Crippen LogP contribution < -0.4 is 21.1 Å². The molecule has 1 saturated heterocycles. The molecular formula is C22H24ClN6O2+. The summed E-state index contributed by atoms with van der Waals surface area (Å²) in [5, 5.41) is 6.22. The maximum atomic E-state index is 13.1. The Kier molecular flexibility index (Phi) is 5.25. The Morgan fingerprint density at radius 2 is 1.77 bits per heavy atom. The molecule has 5 rings (SSSR count). The molecule has 0 spiro atoms. The van der Waals surface area contributed by atoms with E-state index in [4.69, 9.17) is 11.6 Å². The fourth-order valence-electron chi connectivity index (χ4n) is 4.37. The molecule has 9 heteroatoms. The Morgan fingerprint density at radius 1 is 0.935 bits per heavy atom. The molecule has 1 aliphatic heterocycles. The zero-order valence-corrected chi connectivity index (χ0v) is 17.8. The Bertz CT molecular complexity index is 1330. The maximum absolute atomic E-state index is 13.1. The molecule has 0 saturated carbocycles. The molecule has 0 aliphatic carbocycles. The fourth-order valence-corrected chi connectivity index (χ4v) is 4.53. The van der Waals surface area contributed by atoms with E-state index in [0.717, 1.165) is 56.0 Å². The van der Waals surface area contributed by atoms with Crippen LogP contribution in [0.5, 0.6) is 0 Å². The van der Waals surface area contributed by atoms with Gasteiger partial charge in [0.1, 0.15) is 5.52 Å². The molecule has 3 aromatic heterocycles. The number of hydrogen-bond donors (Lipinski definition) is 1. The van der Waals surface area contributed by atoms with Crippen LogP contribution in [0.25, 0.3) is 16.6 Å². The van der Waals surface area contributed by atoms with Gasteiger partial charge in [-0.2, -0.15) is 10.2 Å². The first kappa shape index (κ1) is 19.8. The Balaban J connectivity index is 1.27. The van der Waals surface area contributed by atoms with Crippen LogP contribution in [0, 0.1) is 0 Å². The highest BCUT2D eigenvalue weighted by Gasteiger charge is 2.23. The zero-order chi connectivity index (χ0) is 21.4. The van der Waals surface area contributed by atoms with E-state index in [1.54, 1.807) is 0 Å². The molecule has 0 unspecified atom stereocenters. The molecular weight excluding hydrogens is 416 g/mol. The van der Waals surface area contributed by atoms with Crippen LogP contribution in [0.1, 0.15) is 6.42 Å². The van der Waals surface area contributed by atoms with Crippen molar-refractivity contribution in [3.05, 3.63) is 74.4 Å². The van der Waals surface area contributed by atoms with Crippen molar-refractivity contribution >= 4 is 34.0 Å². The van der Waals surface area contributed by atoms with Crippen molar-refractivity contribution in [3.8, 4) is 0 Å². The molecule has 31 heavy (non-hydrogen) atoms. The smallest absolute Gasteiger partial charge is 0.293 e. The number of nitrogens with one attached hydrogen (secondary N) is 2. The van der Waals surface area contributed by atoms with E-state index in [-0.39, 0.29) is 11.1 Å². The van der Waals surface area contributed by atoms with Gasteiger partial charge in [-0.3, -0.25) is 19.4 Å². The number of aromatic nitrogens is 4. The molecule has 1 fully saturated rings. The minimum absolute atomic E-state index is 0.0262. The summed E-state index contributed by atoms with van der Waals surface area (Å²) in [4.78, 5) is 28.9. The molecule has 0 radical (unpaired) electrons. The van der Waals surface area contributed by atoms with Gasteiger partial charge in [-0.1, -0.05) is 11.6 Å². The molecule has 0 bridgehead atoms. The Hall–Kier alpha value is -3.10. The first-order valence-corrected chi connectivity index (χ1v) is 10.9. The van der Waals surface area contributed by atoms with Crippen molar-refractivity contribution < 1.29 is 5.10 Å². The average molecular weight is 440 g/mol. The summed E-state index contributed by atoms with van der Waals surface area (Å²) in [7, 11) is 0. The van der Waals surface area contributed by atoms with Gasteiger partial charge in [0.25, 0.3) is 16.9 Å². The number of benzene rings is 1. The van der Waals surface area contributed by atoms with Gasteiger partial charge in [-0.15, -0.1) is 0 Å². The second-order valence-electron chi connectivity index (χ2n) is 7.87. The highest BCUT2D eigenvalue weighted by molar-refractivity contribution is 6.31. The van der Waals surface area contributed by atoms with E-state index >= 15 is 0 Å². The van der Waals surface area contributed by atoms with Crippen LogP contribution in [0.4, 0.5) is 5.82 Å². The summed E-state index contributed by atoms with van der Waals surface area (Å²) >= 11 is 6.22. The second kappa shape index (κ2) is 8.20. The van der Waals surface area contributed by atoms with E-state index in [1.807, 2.05) is 51.6 Å². The van der Waals surface area contributed by atoms with Crippen LogP contribution in [-0.2, 0) is 6.54 Å². The van der Waals surface area contributed by atoms with Crippen LogP contribution in [0.2, 0.25) is 5.02 Å². The highest BCUT2D eigenvalue weighted by Crippen LogP contribution is 2.20. The van der Waals surface area contributed by atoms with E-state index < -0.39 is 0 Å². The van der Waals surface area contributed by atoms with E-state index in [2.05, 4.69) is 20.0 Å². The lowest BCUT2D eigenvalue weighted by atomic mass is 10.2. The Labute approximate surface area is 183 Å². The minimum atomic E-state index is -0.134. The predicted molar refractivity (Wildman–Crippen MR) is 121 cm³/mol. The number of aryl methyl sites for hydroxylation is 1. The summed E-state index contributed by atoms with van der Waals surface area (Å²) in [6, 6.07) is 12.8. The summed E-state index contributed by atoms with van der Waals surface area (Å²) in [5.74, 6) is 0.927. The molecule has 4 aromatic rings. The molecule has 0 atom stereocenters. The van der Waals surface area contributed by atoms with Gasteiger partial charge < -0.3 is 8.97 Å². The van der Waals surface area contributed by atoms with E-state index in [9.17, 15) is 9.59 Å². The van der Waals surface area contributed by atoms with Gasteiger partial charge in [0.05, 0.1) is 24.1 Å². The van der Waals surface area contributed by atoms with Crippen LogP contribution >= 0.6 is 11.6 Å². The van der Waals surface area contributed by atoms with Gasteiger partial charge >= 0.3 is 0 Å². The minimum Gasteiger partial charge on any atom is -0.310 e. The zero-order valence-electron chi connectivity index (χ0n) is 17.1. The second-order valence-corrected chi connectivity index (χ2v) is 8.30. The number of nitrogens with zero attached hydrogens (tertiary/aromatic N) is 4. The summed E-state index contributed by atoms with van der Waals surface area (Å²) in [6.45, 7) is 5.25. The fraction of sp³-hybridized carbons (Fsp3) is 0.318. The van der Waals surface area contributed by atoms with Crippen molar-refractivity contribution in [2.75, 3.05) is 37.6 Å². The first-order chi connectivity index (χ1) is 15.1. The molecule has 8 nitrogen and oxygen atoms in total. The average Bonchev–Trinajstić information content (AvgIpc) is 3.28. The molecule has 160 valence electrons. The van der Waals surface area contributed by atoms with Crippen LogP contribution in [0.15, 0.2) is 58.3 Å². The first-order valence-electron chi connectivity index (χ1n) is 10.5. The van der Waals surface area contributed by atoms with Crippen molar-refractivity contribution in [3.63, 3.8) is 0 Å². The van der Waals surface area contributed by atoms with E-state index in [1.165, 1.54) is 6.07 Å². The van der Waals surface area contributed by atoms with Gasteiger partial charge in [0.15, 0.2) is 0 Å². The summed E-state index contributed by atoms with van der Waals surface area (Å²) in [6.07, 6.45) is 2.79. The third-order valence-electron chi connectivity index (χ3n) is 5.98. The van der Waals surface area contributed by atoms with Crippen molar-refractivity contribution in [2.24, 2.45) is 0 Å². The van der Waals surface area contributed by atoms with Gasteiger partial charge in [-0.25, -0.2) is 0 Å². The third kappa shape index (κ3) is 3.84. The normalized spacial score (nSPS) is 15.2. The highest BCUT2D eigenvalue weighted by atomic mass is 35.5. The third-order valence-corrected chi connectivity index (χ3v) is 6.21. The number of H-pyrrole nitrogens is 2. The summed E-state index contributed by atoms with van der Waals surface area (Å²) in [5.41, 5.74) is 2.40. The van der Waals surface area contributed by atoms with Crippen molar-refractivity contribution in [1.29, 1.82) is 0 Å². The van der Waals surface area contributed by atoms with Crippen molar-refractivity contribution in [2.45, 2.75) is 13.0 Å². The lowest BCUT2D eigenvalue weighted by Crippen LogP contribution is -2.48. The summed E-state index contributed by atoms with van der Waals surface area (Å²) < 4.78 is 3.78. The molecule has 2 N–H and O–H groups in total. The molecule has 1 aliphatic rings. The number of hydrogen-bond acceptors (Lipinski definition) is 4.